The van der Waals surface area contributed by atoms with Crippen molar-refractivity contribution in [3.63, 3.8) is 0 Å². The molecule has 3 nitrogen and oxygen atoms in total. The van der Waals surface area contributed by atoms with E-state index >= 15 is 0 Å². The lowest BCUT2D eigenvalue weighted by atomic mass is 10.1. The summed E-state index contributed by atoms with van der Waals surface area (Å²) in [6.45, 7) is 4.29. The van der Waals surface area contributed by atoms with Crippen LogP contribution < -0.4 is 4.90 Å². The van der Waals surface area contributed by atoms with E-state index in [9.17, 15) is 0 Å². The van der Waals surface area contributed by atoms with E-state index in [0.29, 0.717) is 0 Å². The maximum atomic E-state index is 4.90. The van der Waals surface area contributed by atoms with E-state index in [2.05, 4.69) is 91.5 Å². The fourth-order valence-electron chi connectivity index (χ4n) is 3.84. The monoisotopic (exact) mass is 463 g/mol. The molecule has 0 saturated heterocycles. The van der Waals surface area contributed by atoms with Crippen molar-refractivity contribution in [1.82, 2.24) is 0 Å². The molecule has 6 heteroatoms. The van der Waals surface area contributed by atoms with Crippen molar-refractivity contribution in [1.29, 1.82) is 0 Å². The molecule has 158 valence electrons. The number of nitrogens with zero attached hydrogens (tertiary/aromatic N) is 3. The molecule has 31 heavy (non-hydrogen) atoms. The lowest BCUT2D eigenvalue weighted by Crippen LogP contribution is -2.09. The SMILES string of the molecule is CCCc1ccc(N(C)c2ccc(-c3ccc(C4=NC5SC(C)=NC5S4)s3)cc2)cc1. The van der Waals surface area contributed by atoms with E-state index in [-0.39, 0.29) is 10.7 Å². The number of thioether (sulfide) groups is 2. The summed E-state index contributed by atoms with van der Waals surface area (Å²) in [7, 11) is 2.13. The zero-order valence-corrected chi connectivity index (χ0v) is 20.4. The zero-order valence-electron chi connectivity index (χ0n) is 17.9. The first kappa shape index (κ1) is 20.9. The molecule has 0 radical (unpaired) electrons. The number of aliphatic imine (C=N–C) groups is 2. The fraction of sp³-hybridized carbons (Fsp3) is 0.280. The van der Waals surface area contributed by atoms with Crippen LogP contribution in [0.3, 0.4) is 0 Å². The Morgan fingerprint density at radius 3 is 2.13 bits per heavy atom. The van der Waals surface area contributed by atoms with Gasteiger partial charge in [-0.1, -0.05) is 61.1 Å². The topological polar surface area (TPSA) is 28.0 Å². The maximum absolute atomic E-state index is 4.90. The van der Waals surface area contributed by atoms with Crippen LogP contribution in [-0.2, 0) is 6.42 Å². The van der Waals surface area contributed by atoms with E-state index in [1.165, 1.54) is 38.7 Å². The number of hydrogen-bond donors (Lipinski definition) is 0. The van der Waals surface area contributed by atoms with Crippen LogP contribution >= 0.6 is 34.9 Å². The van der Waals surface area contributed by atoms with E-state index < -0.39 is 0 Å². The van der Waals surface area contributed by atoms with Crippen molar-refractivity contribution in [3.8, 4) is 10.4 Å². The molecule has 2 atom stereocenters. The van der Waals surface area contributed by atoms with Crippen molar-refractivity contribution >= 4 is 56.3 Å². The van der Waals surface area contributed by atoms with Gasteiger partial charge in [0.15, 0.2) is 0 Å². The number of benzene rings is 2. The molecule has 1 aromatic heterocycles. The minimum absolute atomic E-state index is 0.261. The average molecular weight is 464 g/mol. The van der Waals surface area contributed by atoms with Gasteiger partial charge < -0.3 is 4.90 Å². The summed E-state index contributed by atoms with van der Waals surface area (Å²) in [5.41, 5.74) is 5.05. The Hall–Kier alpha value is -2.02. The van der Waals surface area contributed by atoms with Crippen LogP contribution in [0.2, 0.25) is 0 Å². The summed E-state index contributed by atoms with van der Waals surface area (Å²) in [4.78, 5) is 14.3. The second-order valence-electron chi connectivity index (χ2n) is 7.79. The third kappa shape index (κ3) is 4.34. The maximum Gasteiger partial charge on any atom is 0.134 e. The minimum atomic E-state index is 0.261. The minimum Gasteiger partial charge on any atom is -0.345 e. The van der Waals surface area contributed by atoms with Gasteiger partial charge in [0.25, 0.3) is 0 Å². The first-order valence-electron chi connectivity index (χ1n) is 10.6. The van der Waals surface area contributed by atoms with Gasteiger partial charge in [-0.2, -0.15) is 0 Å². The predicted octanol–water partition coefficient (Wildman–Crippen LogP) is 7.45. The van der Waals surface area contributed by atoms with Crippen LogP contribution in [0.15, 0.2) is 70.6 Å². The molecule has 0 bridgehead atoms. The normalized spacial score (nSPS) is 19.8. The van der Waals surface area contributed by atoms with Crippen molar-refractivity contribution in [2.24, 2.45) is 9.98 Å². The number of aryl methyl sites for hydroxylation is 1. The average Bonchev–Trinajstić information content (AvgIpc) is 3.49. The quantitative estimate of drug-likeness (QED) is 0.380. The Balaban J connectivity index is 1.29. The Kier molecular flexibility index (Phi) is 5.95. The highest BCUT2D eigenvalue weighted by molar-refractivity contribution is 8.19. The molecule has 0 N–H and O–H groups in total. The van der Waals surface area contributed by atoms with Crippen LogP contribution in [0.25, 0.3) is 10.4 Å². The van der Waals surface area contributed by atoms with E-state index in [1.807, 2.05) is 11.3 Å². The Morgan fingerprint density at radius 2 is 1.45 bits per heavy atom. The van der Waals surface area contributed by atoms with Gasteiger partial charge in [-0.25, -0.2) is 0 Å². The Bertz CT molecular complexity index is 1130. The molecule has 0 amide bonds. The third-order valence-electron chi connectivity index (χ3n) is 5.54. The molecule has 5 rings (SSSR count). The van der Waals surface area contributed by atoms with Gasteiger partial charge in [0, 0.05) is 23.3 Å². The molecule has 0 saturated carbocycles. The Morgan fingerprint density at radius 1 is 0.806 bits per heavy atom. The van der Waals surface area contributed by atoms with Crippen molar-refractivity contribution in [2.45, 2.75) is 37.4 Å². The summed E-state index contributed by atoms with van der Waals surface area (Å²) < 4.78 is 0. The highest BCUT2D eigenvalue weighted by Crippen LogP contribution is 2.43. The van der Waals surface area contributed by atoms with Crippen LogP contribution in [0.5, 0.6) is 0 Å². The van der Waals surface area contributed by atoms with Crippen LogP contribution in [0.1, 0.15) is 30.7 Å². The molecule has 2 aliphatic heterocycles. The molecule has 3 aromatic rings. The number of anilines is 2. The number of rotatable bonds is 6. The summed E-state index contributed by atoms with van der Waals surface area (Å²) >= 11 is 5.40. The van der Waals surface area contributed by atoms with Crippen LogP contribution in [0.4, 0.5) is 11.4 Å². The van der Waals surface area contributed by atoms with Gasteiger partial charge in [0.2, 0.25) is 0 Å². The number of thiophene rings is 1. The van der Waals surface area contributed by atoms with Gasteiger partial charge in [-0.15, -0.1) is 11.3 Å². The molecular weight excluding hydrogens is 438 g/mol. The molecule has 0 aliphatic carbocycles. The first-order valence-corrected chi connectivity index (χ1v) is 13.2. The summed E-state index contributed by atoms with van der Waals surface area (Å²) in [5.74, 6) is 0. The van der Waals surface area contributed by atoms with Gasteiger partial charge in [-0.05, 0) is 60.9 Å². The highest BCUT2D eigenvalue weighted by atomic mass is 32.2. The largest absolute Gasteiger partial charge is 0.345 e. The fourth-order valence-corrected chi connectivity index (χ4v) is 7.32. The highest BCUT2D eigenvalue weighted by Gasteiger charge is 2.36. The van der Waals surface area contributed by atoms with E-state index in [0.717, 1.165) is 16.5 Å². The van der Waals surface area contributed by atoms with Gasteiger partial charge in [0.05, 0.1) is 9.92 Å². The van der Waals surface area contributed by atoms with Gasteiger partial charge in [-0.3, -0.25) is 9.98 Å². The number of fused-ring (bicyclic) bond motifs is 1. The van der Waals surface area contributed by atoms with Crippen molar-refractivity contribution in [3.05, 3.63) is 71.1 Å². The Labute approximate surface area is 196 Å². The number of hydrogen-bond acceptors (Lipinski definition) is 6. The second kappa shape index (κ2) is 8.85. The molecule has 0 fully saturated rings. The zero-order chi connectivity index (χ0) is 21.4. The molecule has 2 aromatic carbocycles. The second-order valence-corrected chi connectivity index (χ2v) is 11.3. The molecular formula is C25H25N3S3. The van der Waals surface area contributed by atoms with Crippen LogP contribution in [-0.4, -0.2) is 27.9 Å². The van der Waals surface area contributed by atoms with Crippen molar-refractivity contribution in [2.75, 3.05) is 11.9 Å². The molecule has 2 aliphatic rings. The predicted molar refractivity (Wildman–Crippen MR) is 141 cm³/mol. The van der Waals surface area contributed by atoms with Gasteiger partial charge >= 0.3 is 0 Å². The first-order chi connectivity index (χ1) is 15.1. The molecule has 2 unspecified atom stereocenters. The van der Waals surface area contributed by atoms with Crippen LogP contribution in [0, 0.1) is 0 Å². The summed E-state index contributed by atoms with van der Waals surface area (Å²) in [6.07, 6.45) is 2.32. The van der Waals surface area contributed by atoms with E-state index in [1.54, 1.807) is 23.5 Å². The van der Waals surface area contributed by atoms with Crippen molar-refractivity contribution < 1.29 is 0 Å². The standard InChI is InChI=1S/C25H25N3S3/c1-4-5-17-6-10-19(11-7-17)28(3)20-12-8-18(9-13-20)21-14-15-22(30-21)23-27-25-24(31-23)26-16(2)29-25/h6-15,24-25H,4-5H2,1-3H3. The van der Waals surface area contributed by atoms with Gasteiger partial charge in [0.1, 0.15) is 15.8 Å². The molecule has 3 heterocycles. The van der Waals surface area contributed by atoms with E-state index in [4.69, 9.17) is 4.99 Å². The summed E-state index contributed by atoms with van der Waals surface area (Å²) in [5, 5.41) is 2.81. The lowest BCUT2D eigenvalue weighted by Gasteiger charge is -2.20. The summed E-state index contributed by atoms with van der Waals surface area (Å²) in [6, 6.07) is 22.1. The smallest absolute Gasteiger partial charge is 0.134 e. The molecule has 0 spiro atoms. The lowest BCUT2D eigenvalue weighted by molar-refractivity contribution is 0.898. The third-order valence-corrected chi connectivity index (χ3v) is 9.19.